The Kier molecular flexibility index (Phi) is 1.43. The SMILES string of the molecule is CC(=O)c1cc2cnccc2o1. The standard InChI is InChI=1S/C9H7NO2/c1-6(11)9-4-7-5-10-3-2-8(7)12-9/h2-5H,1H3. The fourth-order valence-corrected chi connectivity index (χ4v) is 1.06. The number of hydrogen-bond donors (Lipinski definition) is 0. The van der Waals surface area contributed by atoms with Crippen LogP contribution in [0, 0.1) is 0 Å². The number of nitrogens with zero attached hydrogens (tertiary/aromatic N) is 1. The Balaban J connectivity index is 2.70. The summed E-state index contributed by atoms with van der Waals surface area (Å²) in [5.74, 6) is 0.323. The third kappa shape index (κ3) is 0.993. The van der Waals surface area contributed by atoms with Crippen LogP contribution >= 0.6 is 0 Å². The highest BCUT2D eigenvalue weighted by Crippen LogP contribution is 2.17. The van der Waals surface area contributed by atoms with Crippen LogP contribution in [0.25, 0.3) is 11.0 Å². The average Bonchev–Trinajstić information content (AvgIpc) is 2.46. The van der Waals surface area contributed by atoms with Crippen molar-refractivity contribution < 1.29 is 9.21 Å². The lowest BCUT2D eigenvalue weighted by Crippen LogP contribution is -1.85. The molecule has 12 heavy (non-hydrogen) atoms. The number of aromatic nitrogens is 1. The highest BCUT2D eigenvalue weighted by molar-refractivity contribution is 5.95. The number of fused-ring (bicyclic) bond motifs is 1. The zero-order valence-electron chi connectivity index (χ0n) is 6.57. The molecule has 0 aliphatic rings. The van der Waals surface area contributed by atoms with Gasteiger partial charge in [-0.1, -0.05) is 0 Å². The van der Waals surface area contributed by atoms with Gasteiger partial charge < -0.3 is 4.42 Å². The van der Waals surface area contributed by atoms with Gasteiger partial charge in [-0.2, -0.15) is 0 Å². The van der Waals surface area contributed by atoms with Gasteiger partial charge in [-0.15, -0.1) is 0 Å². The van der Waals surface area contributed by atoms with Crippen LogP contribution < -0.4 is 0 Å². The van der Waals surface area contributed by atoms with Crippen molar-refractivity contribution in [2.75, 3.05) is 0 Å². The third-order valence-electron chi connectivity index (χ3n) is 1.66. The van der Waals surface area contributed by atoms with E-state index in [9.17, 15) is 4.79 Å². The molecule has 0 spiro atoms. The lowest BCUT2D eigenvalue weighted by Gasteiger charge is -1.83. The summed E-state index contributed by atoms with van der Waals surface area (Å²) in [4.78, 5) is 14.8. The summed E-state index contributed by atoms with van der Waals surface area (Å²) in [6.45, 7) is 1.48. The number of rotatable bonds is 1. The topological polar surface area (TPSA) is 43.1 Å². The molecule has 0 amide bonds. The Bertz CT molecular complexity index is 398. The van der Waals surface area contributed by atoms with Crippen molar-refractivity contribution in [3.8, 4) is 0 Å². The van der Waals surface area contributed by atoms with Crippen LogP contribution in [-0.4, -0.2) is 10.8 Å². The Labute approximate surface area is 69.0 Å². The van der Waals surface area contributed by atoms with E-state index in [2.05, 4.69) is 4.98 Å². The average molecular weight is 161 g/mol. The van der Waals surface area contributed by atoms with E-state index in [1.54, 1.807) is 24.5 Å². The Hall–Kier alpha value is -1.64. The number of furan rings is 1. The molecule has 60 valence electrons. The Morgan fingerprint density at radius 2 is 2.42 bits per heavy atom. The van der Waals surface area contributed by atoms with Gasteiger partial charge in [-0.3, -0.25) is 9.78 Å². The molecule has 2 heterocycles. The van der Waals surface area contributed by atoms with Crippen LogP contribution in [0.3, 0.4) is 0 Å². The molecule has 2 rings (SSSR count). The van der Waals surface area contributed by atoms with Crippen molar-refractivity contribution >= 4 is 16.8 Å². The lowest BCUT2D eigenvalue weighted by atomic mass is 10.3. The Morgan fingerprint density at radius 1 is 1.58 bits per heavy atom. The number of pyridine rings is 1. The Morgan fingerprint density at radius 3 is 3.08 bits per heavy atom. The second kappa shape index (κ2) is 2.44. The number of carbonyl (C=O) groups excluding carboxylic acids is 1. The molecule has 0 atom stereocenters. The lowest BCUT2D eigenvalue weighted by molar-refractivity contribution is 0.0989. The minimum absolute atomic E-state index is 0.0637. The molecule has 0 unspecified atom stereocenters. The summed E-state index contributed by atoms with van der Waals surface area (Å²) in [6, 6.07) is 3.44. The largest absolute Gasteiger partial charge is 0.453 e. The summed E-state index contributed by atoms with van der Waals surface area (Å²) in [5.41, 5.74) is 0.704. The fraction of sp³-hybridized carbons (Fsp3) is 0.111. The van der Waals surface area contributed by atoms with Crippen LogP contribution in [0.4, 0.5) is 0 Å². The molecule has 0 aliphatic carbocycles. The van der Waals surface area contributed by atoms with E-state index in [4.69, 9.17) is 4.42 Å². The molecule has 0 bridgehead atoms. The molecule has 0 radical (unpaired) electrons. The first-order valence-corrected chi connectivity index (χ1v) is 3.62. The molecule has 0 saturated carbocycles. The zero-order chi connectivity index (χ0) is 8.55. The van der Waals surface area contributed by atoms with Crippen molar-refractivity contribution in [2.24, 2.45) is 0 Å². The van der Waals surface area contributed by atoms with Gasteiger partial charge in [0.1, 0.15) is 5.58 Å². The quantitative estimate of drug-likeness (QED) is 0.601. The first-order valence-electron chi connectivity index (χ1n) is 3.62. The fourth-order valence-electron chi connectivity index (χ4n) is 1.06. The molecule has 0 fully saturated rings. The second-order valence-corrected chi connectivity index (χ2v) is 2.58. The minimum Gasteiger partial charge on any atom is -0.453 e. The number of Topliss-reactive ketones (excluding diaryl/α,β-unsaturated/α-hetero) is 1. The van der Waals surface area contributed by atoms with E-state index in [-0.39, 0.29) is 5.78 Å². The van der Waals surface area contributed by atoms with E-state index in [1.165, 1.54) is 6.92 Å². The monoisotopic (exact) mass is 161 g/mol. The van der Waals surface area contributed by atoms with Gasteiger partial charge in [0.2, 0.25) is 0 Å². The molecule has 0 N–H and O–H groups in total. The van der Waals surface area contributed by atoms with E-state index in [0.29, 0.717) is 11.3 Å². The summed E-state index contributed by atoms with van der Waals surface area (Å²) in [6.07, 6.45) is 3.31. The highest BCUT2D eigenvalue weighted by atomic mass is 16.3. The van der Waals surface area contributed by atoms with Crippen LogP contribution in [0.2, 0.25) is 0 Å². The van der Waals surface area contributed by atoms with Crippen molar-refractivity contribution in [1.82, 2.24) is 4.98 Å². The summed E-state index contributed by atoms with van der Waals surface area (Å²) >= 11 is 0. The van der Waals surface area contributed by atoms with Crippen LogP contribution in [-0.2, 0) is 0 Å². The predicted octanol–water partition coefficient (Wildman–Crippen LogP) is 2.03. The van der Waals surface area contributed by atoms with Gasteiger partial charge in [0.25, 0.3) is 0 Å². The number of ketones is 1. The maximum absolute atomic E-state index is 10.9. The number of carbonyl (C=O) groups is 1. The first kappa shape index (κ1) is 7.03. The van der Waals surface area contributed by atoms with Crippen molar-refractivity contribution in [3.63, 3.8) is 0 Å². The molecule has 0 saturated heterocycles. The van der Waals surface area contributed by atoms with E-state index < -0.39 is 0 Å². The van der Waals surface area contributed by atoms with Gasteiger partial charge in [0, 0.05) is 24.7 Å². The molecule has 0 aliphatic heterocycles. The van der Waals surface area contributed by atoms with Crippen LogP contribution in [0.5, 0.6) is 0 Å². The molecule has 3 nitrogen and oxygen atoms in total. The summed E-state index contributed by atoms with van der Waals surface area (Å²) in [5, 5.41) is 0.864. The molecule has 3 heteroatoms. The minimum atomic E-state index is -0.0637. The maximum atomic E-state index is 10.9. The molecule has 2 aromatic heterocycles. The third-order valence-corrected chi connectivity index (χ3v) is 1.66. The van der Waals surface area contributed by atoms with Crippen molar-refractivity contribution in [3.05, 3.63) is 30.3 Å². The van der Waals surface area contributed by atoms with Gasteiger partial charge >= 0.3 is 0 Å². The van der Waals surface area contributed by atoms with Crippen molar-refractivity contribution in [1.29, 1.82) is 0 Å². The van der Waals surface area contributed by atoms with E-state index in [1.807, 2.05) is 0 Å². The van der Waals surface area contributed by atoms with E-state index in [0.717, 1.165) is 5.39 Å². The smallest absolute Gasteiger partial charge is 0.194 e. The summed E-state index contributed by atoms with van der Waals surface area (Å²) < 4.78 is 5.24. The summed E-state index contributed by atoms with van der Waals surface area (Å²) in [7, 11) is 0. The predicted molar refractivity (Wildman–Crippen MR) is 44.0 cm³/mol. The molecular weight excluding hydrogens is 154 g/mol. The molecular formula is C9H7NO2. The van der Waals surface area contributed by atoms with Gasteiger partial charge in [0.05, 0.1) is 0 Å². The van der Waals surface area contributed by atoms with Gasteiger partial charge in [-0.05, 0) is 12.1 Å². The second-order valence-electron chi connectivity index (χ2n) is 2.58. The van der Waals surface area contributed by atoms with Crippen LogP contribution in [0.15, 0.2) is 28.9 Å². The van der Waals surface area contributed by atoms with Gasteiger partial charge in [0.15, 0.2) is 11.5 Å². The normalized spacial score (nSPS) is 10.4. The maximum Gasteiger partial charge on any atom is 0.194 e. The highest BCUT2D eigenvalue weighted by Gasteiger charge is 2.06. The number of hydrogen-bond acceptors (Lipinski definition) is 3. The molecule has 2 aromatic rings. The zero-order valence-corrected chi connectivity index (χ0v) is 6.57. The van der Waals surface area contributed by atoms with Crippen molar-refractivity contribution in [2.45, 2.75) is 6.92 Å². The molecule has 0 aromatic carbocycles. The van der Waals surface area contributed by atoms with Crippen LogP contribution in [0.1, 0.15) is 17.5 Å². The van der Waals surface area contributed by atoms with E-state index >= 15 is 0 Å². The van der Waals surface area contributed by atoms with Gasteiger partial charge in [-0.25, -0.2) is 0 Å². The first-order chi connectivity index (χ1) is 5.77.